The Hall–Kier alpha value is -2.38. The maximum absolute atomic E-state index is 14.3. The second kappa shape index (κ2) is 10.7. The van der Waals surface area contributed by atoms with Crippen molar-refractivity contribution in [3.8, 4) is 11.5 Å². The molecule has 0 saturated carbocycles. The predicted molar refractivity (Wildman–Crippen MR) is 116 cm³/mol. The van der Waals surface area contributed by atoms with Gasteiger partial charge in [0.1, 0.15) is 11.5 Å². The Bertz CT molecular complexity index is 783. The fraction of sp³-hybridized carbons (Fsp3) is 0.520. The number of hydrogen-bond donors (Lipinski definition) is 0. The third-order valence-electron chi connectivity index (χ3n) is 5.89. The van der Waals surface area contributed by atoms with E-state index in [2.05, 4.69) is 0 Å². The largest absolute Gasteiger partial charge is 0.493 e. The molecule has 0 aromatic heterocycles. The Morgan fingerprint density at radius 3 is 1.15 bits per heavy atom. The average molecular weight is 477 g/mol. The normalized spacial score (nSPS) is 14.6. The van der Waals surface area contributed by atoms with Gasteiger partial charge in [0.05, 0.1) is 13.2 Å². The summed E-state index contributed by atoms with van der Waals surface area (Å²) in [5.41, 5.74) is -6.04. The van der Waals surface area contributed by atoms with Crippen molar-refractivity contribution in [3.05, 3.63) is 59.7 Å². The molecule has 0 aliphatic carbocycles. The lowest BCUT2D eigenvalue weighted by Crippen LogP contribution is -2.54. The molecule has 0 radical (unpaired) electrons. The van der Waals surface area contributed by atoms with Crippen molar-refractivity contribution in [2.24, 2.45) is 11.8 Å². The quantitative estimate of drug-likeness (QED) is 0.324. The van der Waals surface area contributed by atoms with Crippen molar-refractivity contribution < 1.29 is 35.8 Å². The highest BCUT2D eigenvalue weighted by atomic mass is 19.4. The van der Waals surface area contributed by atoms with E-state index in [1.807, 2.05) is 27.7 Å². The van der Waals surface area contributed by atoms with Crippen LogP contribution in [0.4, 0.5) is 26.3 Å². The van der Waals surface area contributed by atoms with Gasteiger partial charge in [-0.3, -0.25) is 0 Å². The van der Waals surface area contributed by atoms with Gasteiger partial charge in [-0.15, -0.1) is 0 Å². The first-order valence-corrected chi connectivity index (χ1v) is 11.0. The molecule has 2 unspecified atom stereocenters. The van der Waals surface area contributed by atoms with Gasteiger partial charge in [0, 0.05) is 0 Å². The molecule has 2 atom stereocenters. The minimum Gasteiger partial charge on any atom is -0.493 e. The lowest BCUT2D eigenvalue weighted by molar-refractivity contribution is -0.288. The monoisotopic (exact) mass is 476 g/mol. The van der Waals surface area contributed by atoms with Crippen LogP contribution in [0.25, 0.3) is 0 Å². The molecule has 184 valence electrons. The number of hydrogen-bond acceptors (Lipinski definition) is 2. The minimum atomic E-state index is -5.64. The second-order valence-electron chi connectivity index (χ2n) is 8.44. The van der Waals surface area contributed by atoms with Crippen molar-refractivity contribution in [2.45, 2.75) is 58.3 Å². The number of ether oxygens (including phenoxy) is 2. The van der Waals surface area contributed by atoms with Gasteiger partial charge >= 0.3 is 12.4 Å². The van der Waals surface area contributed by atoms with Crippen LogP contribution >= 0.6 is 0 Å². The summed E-state index contributed by atoms with van der Waals surface area (Å²) in [6, 6.07) is 7.92. The Labute approximate surface area is 190 Å². The van der Waals surface area contributed by atoms with Gasteiger partial charge in [-0.25, -0.2) is 0 Å². The Morgan fingerprint density at radius 2 is 0.909 bits per heavy atom. The van der Waals surface area contributed by atoms with Crippen LogP contribution in [0, 0.1) is 11.8 Å². The van der Waals surface area contributed by atoms with Gasteiger partial charge in [0.15, 0.2) is 0 Å². The first-order valence-electron chi connectivity index (χ1n) is 11.0. The lowest BCUT2D eigenvalue weighted by Gasteiger charge is -2.38. The molecule has 0 fully saturated rings. The van der Waals surface area contributed by atoms with Gasteiger partial charge in [-0.2, -0.15) is 26.3 Å². The summed E-state index contributed by atoms with van der Waals surface area (Å²) >= 11 is 0. The Kier molecular flexibility index (Phi) is 8.71. The van der Waals surface area contributed by atoms with Crippen molar-refractivity contribution in [1.82, 2.24) is 0 Å². The molecule has 2 aromatic rings. The topological polar surface area (TPSA) is 18.5 Å². The molecule has 33 heavy (non-hydrogen) atoms. The summed E-state index contributed by atoms with van der Waals surface area (Å²) in [6.45, 7) is 8.42. The summed E-state index contributed by atoms with van der Waals surface area (Å²) in [5, 5.41) is 0. The van der Waals surface area contributed by atoms with E-state index in [4.69, 9.17) is 9.47 Å². The molecule has 2 nitrogen and oxygen atoms in total. The summed E-state index contributed by atoms with van der Waals surface area (Å²) in [4.78, 5) is 0. The molecule has 0 amide bonds. The lowest BCUT2D eigenvalue weighted by atomic mass is 9.73. The molecule has 8 heteroatoms. The van der Waals surface area contributed by atoms with Gasteiger partial charge in [0.2, 0.25) is 5.41 Å². The standard InChI is InChI=1S/C25H30F6O2/c1-5-17(3)15-32-21-11-7-19(8-12-21)23(24(26,27)28,25(29,30)31)20-9-13-22(14-10-20)33-16-18(4)6-2/h7-14,17-18H,5-6,15-16H2,1-4H3. The van der Waals surface area contributed by atoms with Crippen molar-refractivity contribution in [1.29, 1.82) is 0 Å². The number of alkyl halides is 6. The molecule has 0 aliphatic heterocycles. The second-order valence-corrected chi connectivity index (χ2v) is 8.44. The number of benzene rings is 2. The van der Waals surface area contributed by atoms with Crippen LogP contribution in [0.3, 0.4) is 0 Å². The van der Waals surface area contributed by atoms with Gasteiger partial charge in [0.25, 0.3) is 0 Å². The van der Waals surface area contributed by atoms with E-state index in [9.17, 15) is 26.3 Å². The zero-order chi connectivity index (χ0) is 24.9. The van der Waals surface area contributed by atoms with Crippen molar-refractivity contribution >= 4 is 0 Å². The molecule has 0 aliphatic rings. The highest BCUT2D eigenvalue weighted by Gasteiger charge is 2.72. The number of halogens is 6. The Balaban J connectivity index is 2.48. The third kappa shape index (κ3) is 5.95. The maximum atomic E-state index is 14.3. The van der Waals surface area contributed by atoms with Gasteiger partial charge in [-0.1, -0.05) is 64.8 Å². The van der Waals surface area contributed by atoms with E-state index in [0.29, 0.717) is 13.2 Å². The van der Waals surface area contributed by atoms with E-state index in [-0.39, 0.29) is 23.3 Å². The fourth-order valence-corrected chi connectivity index (χ4v) is 3.30. The minimum absolute atomic E-state index is 0.204. The van der Waals surface area contributed by atoms with E-state index in [1.165, 1.54) is 0 Å². The number of rotatable bonds is 10. The first-order chi connectivity index (χ1) is 15.4. The summed E-state index contributed by atoms with van der Waals surface area (Å²) in [5.74, 6) is 0.836. The molecular formula is C25H30F6O2. The first kappa shape index (κ1) is 26.9. The van der Waals surface area contributed by atoms with Crippen LogP contribution in [0.15, 0.2) is 48.5 Å². The van der Waals surface area contributed by atoms with Gasteiger partial charge < -0.3 is 9.47 Å². The third-order valence-corrected chi connectivity index (χ3v) is 5.89. The average Bonchev–Trinajstić information content (AvgIpc) is 2.75. The summed E-state index contributed by atoms with van der Waals surface area (Å²) in [7, 11) is 0. The molecular weight excluding hydrogens is 446 g/mol. The van der Waals surface area contributed by atoms with Crippen LogP contribution in [0.1, 0.15) is 51.7 Å². The Morgan fingerprint density at radius 1 is 0.606 bits per heavy atom. The summed E-state index contributed by atoms with van der Waals surface area (Å²) < 4.78 is 96.6. The highest BCUT2D eigenvalue weighted by molar-refractivity contribution is 5.47. The molecule has 0 N–H and O–H groups in total. The fourth-order valence-electron chi connectivity index (χ4n) is 3.30. The zero-order valence-electron chi connectivity index (χ0n) is 19.2. The molecule has 2 rings (SSSR count). The van der Waals surface area contributed by atoms with Crippen molar-refractivity contribution in [2.75, 3.05) is 13.2 Å². The van der Waals surface area contributed by atoms with Crippen LogP contribution in [-0.4, -0.2) is 25.6 Å². The highest BCUT2D eigenvalue weighted by Crippen LogP contribution is 2.56. The van der Waals surface area contributed by atoms with E-state index in [1.54, 1.807) is 0 Å². The maximum Gasteiger partial charge on any atom is 0.411 e. The zero-order valence-corrected chi connectivity index (χ0v) is 19.2. The van der Waals surface area contributed by atoms with Crippen LogP contribution in [0.2, 0.25) is 0 Å². The van der Waals surface area contributed by atoms with E-state index >= 15 is 0 Å². The van der Waals surface area contributed by atoms with Crippen LogP contribution in [-0.2, 0) is 5.41 Å². The molecule has 0 spiro atoms. The van der Waals surface area contributed by atoms with Crippen molar-refractivity contribution in [3.63, 3.8) is 0 Å². The van der Waals surface area contributed by atoms with Crippen LogP contribution in [0.5, 0.6) is 11.5 Å². The van der Waals surface area contributed by atoms with E-state index < -0.39 is 28.9 Å². The molecule has 0 heterocycles. The van der Waals surface area contributed by atoms with E-state index in [0.717, 1.165) is 61.4 Å². The smallest absolute Gasteiger partial charge is 0.411 e. The predicted octanol–water partition coefficient (Wildman–Crippen LogP) is 7.95. The SMILES string of the molecule is CCC(C)COc1ccc(C(c2ccc(OCC(C)CC)cc2)(C(F)(F)F)C(F)(F)F)cc1. The van der Waals surface area contributed by atoms with Gasteiger partial charge in [-0.05, 0) is 47.2 Å². The summed E-state index contributed by atoms with van der Waals surface area (Å²) in [6.07, 6.45) is -9.60. The molecule has 2 aromatic carbocycles. The molecule has 0 bridgehead atoms. The van der Waals surface area contributed by atoms with Crippen LogP contribution < -0.4 is 9.47 Å². The molecule has 0 saturated heterocycles.